The molecule has 1 atom stereocenters. The highest BCUT2D eigenvalue weighted by Gasteiger charge is 2.47. The lowest BCUT2D eigenvalue weighted by Gasteiger charge is -2.26. The Kier molecular flexibility index (Phi) is 7.72. The van der Waals surface area contributed by atoms with Crippen LogP contribution in [0.5, 0.6) is 11.5 Å². The third-order valence-electron chi connectivity index (χ3n) is 6.53. The normalized spacial score (nSPS) is 17.1. The Morgan fingerprint density at radius 2 is 1.72 bits per heavy atom. The Hall–Kier alpha value is -4.27. The number of aliphatic hydroxyl groups excluding tert-OH is 1. The van der Waals surface area contributed by atoms with Crippen molar-refractivity contribution in [2.75, 3.05) is 18.6 Å². The molecular formula is C30H28F3NO5. The molecule has 0 radical (unpaired) electrons. The monoisotopic (exact) mass is 539 g/mol. The molecular weight excluding hydrogens is 511 g/mol. The topological polar surface area (TPSA) is 76.1 Å². The van der Waals surface area contributed by atoms with E-state index < -0.39 is 35.2 Å². The van der Waals surface area contributed by atoms with Crippen LogP contribution in [-0.2, 0) is 15.8 Å². The zero-order chi connectivity index (χ0) is 28.5. The third-order valence-corrected chi connectivity index (χ3v) is 6.53. The molecule has 39 heavy (non-hydrogen) atoms. The number of hydrogen-bond acceptors (Lipinski definition) is 5. The van der Waals surface area contributed by atoms with Gasteiger partial charge in [0.05, 0.1) is 30.9 Å². The summed E-state index contributed by atoms with van der Waals surface area (Å²) in [5.41, 5.74) is 0.145. The van der Waals surface area contributed by atoms with E-state index in [0.717, 1.165) is 22.6 Å². The number of rotatable bonds is 7. The molecule has 0 bridgehead atoms. The molecule has 1 saturated heterocycles. The summed E-state index contributed by atoms with van der Waals surface area (Å²) in [5, 5.41) is 11.5. The van der Waals surface area contributed by atoms with Crippen LogP contribution in [-0.4, -0.2) is 30.5 Å². The van der Waals surface area contributed by atoms with Gasteiger partial charge in [-0.25, -0.2) is 0 Å². The molecule has 1 N–H and O–H groups in total. The quantitative estimate of drug-likeness (QED) is 0.202. The molecule has 204 valence electrons. The number of aliphatic hydroxyl groups is 1. The first-order valence-corrected chi connectivity index (χ1v) is 12.4. The molecule has 1 fully saturated rings. The van der Waals surface area contributed by atoms with Gasteiger partial charge in [-0.05, 0) is 72.5 Å². The van der Waals surface area contributed by atoms with Crippen molar-refractivity contribution in [2.24, 2.45) is 0 Å². The lowest BCUT2D eigenvalue weighted by Crippen LogP contribution is -2.29. The van der Waals surface area contributed by atoms with Crippen molar-refractivity contribution in [1.29, 1.82) is 0 Å². The highest BCUT2D eigenvalue weighted by Crippen LogP contribution is 2.44. The summed E-state index contributed by atoms with van der Waals surface area (Å²) in [4.78, 5) is 27.7. The molecule has 1 unspecified atom stereocenters. The van der Waals surface area contributed by atoms with Gasteiger partial charge in [-0.15, -0.1) is 0 Å². The van der Waals surface area contributed by atoms with E-state index in [-0.39, 0.29) is 22.7 Å². The lowest BCUT2D eigenvalue weighted by molar-refractivity contribution is -0.137. The van der Waals surface area contributed by atoms with Gasteiger partial charge in [0.1, 0.15) is 17.3 Å². The molecule has 0 saturated carbocycles. The molecule has 9 heteroatoms. The molecule has 0 spiro atoms. The average molecular weight is 540 g/mol. The number of halogens is 3. The molecule has 1 aliphatic rings. The number of nitrogens with zero attached hydrogens (tertiary/aromatic N) is 1. The van der Waals surface area contributed by atoms with Crippen molar-refractivity contribution in [2.45, 2.75) is 38.9 Å². The fourth-order valence-electron chi connectivity index (χ4n) is 4.62. The van der Waals surface area contributed by atoms with Crippen molar-refractivity contribution in [3.8, 4) is 11.5 Å². The largest absolute Gasteiger partial charge is 0.507 e. The van der Waals surface area contributed by atoms with E-state index in [0.29, 0.717) is 23.7 Å². The van der Waals surface area contributed by atoms with Gasteiger partial charge >= 0.3 is 6.18 Å². The first-order chi connectivity index (χ1) is 18.5. The molecule has 3 aromatic rings. The second-order valence-electron chi connectivity index (χ2n) is 9.33. The zero-order valence-corrected chi connectivity index (χ0v) is 21.9. The molecule has 3 aromatic carbocycles. The Balaban J connectivity index is 1.94. The van der Waals surface area contributed by atoms with Gasteiger partial charge < -0.3 is 14.6 Å². The standard InChI is InChI=1S/C30H28F3NO5/c1-5-39-24-14-11-19(15-23(24)17(2)3)27(35)25-26(18-9-12-22(38-4)13-10-18)34(29(37)28(25)36)21-8-6-7-20(16-21)30(31,32)33/h6-17,26,35H,5H2,1-4H3/b27-25-. The van der Waals surface area contributed by atoms with Crippen molar-refractivity contribution >= 4 is 23.1 Å². The van der Waals surface area contributed by atoms with Crippen LogP contribution in [0.4, 0.5) is 18.9 Å². The number of carbonyl (C=O) groups is 2. The Labute approximate surface area is 224 Å². The summed E-state index contributed by atoms with van der Waals surface area (Å²) >= 11 is 0. The maximum Gasteiger partial charge on any atom is 0.416 e. The summed E-state index contributed by atoms with van der Waals surface area (Å²) in [6, 6.07) is 14.4. The molecule has 1 aliphatic heterocycles. The molecule has 4 rings (SSSR count). The molecule has 0 aliphatic carbocycles. The summed E-state index contributed by atoms with van der Waals surface area (Å²) < 4.78 is 51.4. The maximum atomic E-state index is 13.5. The Morgan fingerprint density at radius 1 is 1.03 bits per heavy atom. The van der Waals surface area contributed by atoms with Crippen LogP contribution >= 0.6 is 0 Å². The van der Waals surface area contributed by atoms with E-state index in [1.165, 1.54) is 19.2 Å². The highest BCUT2D eigenvalue weighted by atomic mass is 19.4. The predicted octanol–water partition coefficient (Wildman–Crippen LogP) is 6.86. The third kappa shape index (κ3) is 5.34. The number of anilines is 1. The van der Waals surface area contributed by atoms with Gasteiger partial charge in [0.2, 0.25) is 0 Å². The second kappa shape index (κ2) is 10.8. The van der Waals surface area contributed by atoms with Crippen molar-refractivity contribution < 1.29 is 37.3 Å². The number of hydrogen-bond donors (Lipinski definition) is 1. The van der Waals surface area contributed by atoms with Crippen LogP contribution in [0.3, 0.4) is 0 Å². The lowest BCUT2D eigenvalue weighted by atomic mass is 9.93. The van der Waals surface area contributed by atoms with E-state index in [2.05, 4.69) is 0 Å². The van der Waals surface area contributed by atoms with Gasteiger partial charge in [-0.1, -0.05) is 32.0 Å². The molecule has 6 nitrogen and oxygen atoms in total. The number of carbonyl (C=O) groups excluding carboxylic acids is 2. The number of ketones is 1. The number of alkyl halides is 3. The molecule has 1 heterocycles. The van der Waals surface area contributed by atoms with Crippen LogP contribution in [0.2, 0.25) is 0 Å². The van der Waals surface area contributed by atoms with Crippen molar-refractivity contribution in [3.05, 3.63) is 94.6 Å². The average Bonchev–Trinajstić information content (AvgIpc) is 3.18. The minimum atomic E-state index is -4.66. The van der Waals surface area contributed by atoms with Crippen molar-refractivity contribution in [1.82, 2.24) is 0 Å². The van der Waals surface area contributed by atoms with E-state index >= 15 is 0 Å². The predicted molar refractivity (Wildman–Crippen MR) is 141 cm³/mol. The summed E-state index contributed by atoms with van der Waals surface area (Å²) in [6.45, 7) is 6.18. The van der Waals surface area contributed by atoms with E-state index in [4.69, 9.17) is 9.47 Å². The van der Waals surface area contributed by atoms with Gasteiger partial charge in [0.25, 0.3) is 11.7 Å². The maximum absolute atomic E-state index is 13.5. The zero-order valence-electron chi connectivity index (χ0n) is 21.9. The smallest absolute Gasteiger partial charge is 0.416 e. The Bertz CT molecular complexity index is 1430. The van der Waals surface area contributed by atoms with E-state index in [9.17, 15) is 27.9 Å². The van der Waals surface area contributed by atoms with Gasteiger partial charge in [-0.3, -0.25) is 14.5 Å². The minimum absolute atomic E-state index is 0.0178. The van der Waals surface area contributed by atoms with Gasteiger partial charge in [0, 0.05) is 11.3 Å². The summed E-state index contributed by atoms with van der Waals surface area (Å²) in [5.74, 6) is -1.35. The first kappa shape index (κ1) is 27.8. The van der Waals surface area contributed by atoms with Crippen LogP contribution < -0.4 is 14.4 Å². The fraction of sp³-hybridized carbons (Fsp3) is 0.267. The van der Waals surface area contributed by atoms with Crippen LogP contribution in [0.1, 0.15) is 55.0 Å². The number of amides is 1. The molecule has 0 aromatic heterocycles. The number of benzene rings is 3. The number of ether oxygens (including phenoxy) is 2. The van der Waals surface area contributed by atoms with Gasteiger partial charge in [0.15, 0.2) is 0 Å². The minimum Gasteiger partial charge on any atom is -0.507 e. The van der Waals surface area contributed by atoms with E-state index in [1.807, 2.05) is 20.8 Å². The van der Waals surface area contributed by atoms with Crippen LogP contribution in [0, 0.1) is 0 Å². The fourth-order valence-corrected chi connectivity index (χ4v) is 4.62. The van der Waals surface area contributed by atoms with Crippen LogP contribution in [0.25, 0.3) is 5.76 Å². The van der Waals surface area contributed by atoms with Crippen LogP contribution in [0.15, 0.2) is 72.3 Å². The Morgan fingerprint density at radius 3 is 2.31 bits per heavy atom. The first-order valence-electron chi connectivity index (χ1n) is 12.4. The van der Waals surface area contributed by atoms with Gasteiger partial charge in [-0.2, -0.15) is 13.2 Å². The second-order valence-corrected chi connectivity index (χ2v) is 9.33. The SMILES string of the molecule is CCOc1ccc(/C(O)=C2/C(=O)C(=O)N(c3cccc(C(F)(F)F)c3)C2c2ccc(OC)cc2)cc1C(C)C. The van der Waals surface area contributed by atoms with Crippen molar-refractivity contribution in [3.63, 3.8) is 0 Å². The summed E-state index contributed by atoms with van der Waals surface area (Å²) in [6.07, 6.45) is -4.66. The molecule has 1 amide bonds. The summed E-state index contributed by atoms with van der Waals surface area (Å²) in [7, 11) is 1.47. The number of Topliss-reactive ketones (excluding diaryl/α,β-unsaturated/α-hetero) is 1. The highest BCUT2D eigenvalue weighted by molar-refractivity contribution is 6.51. The number of methoxy groups -OCH3 is 1. The van der Waals surface area contributed by atoms with E-state index in [1.54, 1.807) is 42.5 Å².